The molecule has 1 aliphatic heterocycles. The van der Waals surface area contributed by atoms with E-state index in [1.807, 2.05) is 0 Å². The van der Waals surface area contributed by atoms with E-state index in [1.165, 1.54) is 12.1 Å². The standard InChI is InChI=1S/C5H12OSi/c1-5(2)6-7-3-4-7/h5,7H,3-4H2,1-2H3. The van der Waals surface area contributed by atoms with Gasteiger partial charge in [-0.25, -0.2) is 0 Å². The molecule has 1 rings (SSSR count). The van der Waals surface area contributed by atoms with Gasteiger partial charge in [0, 0.05) is 6.10 Å². The molecule has 0 aliphatic carbocycles. The summed E-state index contributed by atoms with van der Waals surface area (Å²) in [4.78, 5) is 0. The van der Waals surface area contributed by atoms with Crippen molar-refractivity contribution in [3.05, 3.63) is 0 Å². The Hall–Kier alpha value is 0.177. The molecule has 0 aromatic heterocycles. The van der Waals surface area contributed by atoms with Gasteiger partial charge in [-0.2, -0.15) is 0 Å². The monoisotopic (exact) mass is 116 g/mol. The first-order valence-corrected chi connectivity index (χ1v) is 5.05. The molecule has 0 atom stereocenters. The van der Waals surface area contributed by atoms with E-state index in [0.29, 0.717) is 6.10 Å². The van der Waals surface area contributed by atoms with E-state index in [2.05, 4.69) is 13.8 Å². The maximum absolute atomic E-state index is 5.50. The average Bonchev–Trinajstić information content (AvgIpc) is 2.17. The van der Waals surface area contributed by atoms with Gasteiger partial charge < -0.3 is 4.43 Å². The van der Waals surface area contributed by atoms with Crippen LogP contribution in [0.25, 0.3) is 0 Å². The minimum atomic E-state index is -0.478. The molecule has 0 N–H and O–H groups in total. The molecule has 0 spiro atoms. The smallest absolute Gasteiger partial charge is 0.176 e. The molecule has 2 heteroatoms. The fourth-order valence-corrected chi connectivity index (χ4v) is 2.18. The minimum Gasteiger partial charge on any atom is -0.418 e. The molecule has 1 heterocycles. The van der Waals surface area contributed by atoms with E-state index in [0.717, 1.165) is 0 Å². The maximum atomic E-state index is 5.50. The fourth-order valence-electron chi connectivity index (χ4n) is 0.589. The molecule has 1 nitrogen and oxygen atoms in total. The summed E-state index contributed by atoms with van der Waals surface area (Å²) in [5.41, 5.74) is 0. The average molecular weight is 116 g/mol. The molecule has 0 saturated carbocycles. The van der Waals surface area contributed by atoms with Crippen LogP contribution >= 0.6 is 0 Å². The van der Waals surface area contributed by atoms with Gasteiger partial charge in [-0.3, -0.25) is 0 Å². The first-order chi connectivity index (χ1) is 3.29. The van der Waals surface area contributed by atoms with E-state index < -0.39 is 9.04 Å². The van der Waals surface area contributed by atoms with Crippen LogP contribution in [0.1, 0.15) is 13.8 Å². The second-order valence-electron chi connectivity index (χ2n) is 2.38. The third kappa shape index (κ3) is 2.09. The van der Waals surface area contributed by atoms with E-state index >= 15 is 0 Å². The predicted octanol–water partition coefficient (Wildman–Crippen LogP) is 1.15. The topological polar surface area (TPSA) is 9.23 Å². The lowest BCUT2D eigenvalue weighted by molar-refractivity contribution is 0.254. The lowest BCUT2D eigenvalue weighted by atomic mass is 10.5. The van der Waals surface area contributed by atoms with E-state index in [-0.39, 0.29) is 0 Å². The largest absolute Gasteiger partial charge is 0.418 e. The summed E-state index contributed by atoms with van der Waals surface area (Å²) in [5, 5.41) is 0. The highest BCUT2D eigenvalue weighted by molar-refractivity contribution is 6.63. The van der Waals surface area contributed by atoms with Crippen LogP contribution in [0.15, 0.2) is 0 Å². The van der Waals surface area contributed by atoms with Crippen LogP contribution in [0.3, 0.4) is 0 Å². The van der Waals surface area contributed by atoms with Gasteiger partial charge in [-0.15, -0.1) is 0 Å². The van der Waals surface area contributed by atoms with Crippen LogP contribution in [0.5, 0.6) is 0 Å². The number of rotatable bonds is 2. The second kappa shape index (κ2) is 1.97. The lowest BCUT2D eigenvalue weighted by Crippen LogP contribution is -2.06. The van der Waals surface area contributed by atoms with Crippen LogP contribution in [-0.4, -0.2) is 15.1 Å². The summed E-state index contributed by atoms with van der Waals surface area (Å²) in [6.07, 6.45) is 0.499. The van der Waals surface area contributed by atoms with Crippen molar-refractivity contribution in [3.63, 3.8) is 0 Å². The van der Waals surface area contributed by atoms with Gasteiger partial charge >= 0.3 is 0 Å². The molecule has 0 amide bonds. The van der Waals surface area contributed by atoms with E-state index in [1.54, 1.807) is 0 Å². The summed E-state index contributed by atoms with van der Waals surface area (Å²) in [6.45, 7) is 4.23. The molecule has 1 fully saturated rings. The Kier molecular flexibility index (Phi) is 1.49. The van der Waals surface area contributed by atoms with Gasteiger partial charge in [0.15, 0.2) is 9.04 Å². The molecule has 1 saturated heterocycles. The fraction of sp³-hybridized carbons (Fsp3) is 1.00. The van der Waals surface area contributed by atoms with Crippen molar-refractivity contribution in [1.82, 2.24) is 0 Å². The van der Waals surface area contributed by atoms with Crippen LogP contribution in [0.2, 0.25) is 12.1 Å². The Balaban J connectivity index is 1.97. The zero-order valence-corrected chi connectivity index (χ0v) is 6.13. The Bertz CT molecular complexity index is 59.1. The van der Waals surface area contributed by atoms with Gasteiger partial charge in [0.25, 0.3) is 0 Å². The van der Waals surface area contributed by atoms with E-state index in [9.17, 15) is 0 Å². The summed E-state index contributed by atoms with van der Waals surface area (Å²) in [7, 11) is -0.478. The summed E-state index contributed by atoms with van der Waals surface area (Å²) in [5.74, 6) is 0. The maximum Gasteiger partial charge on any atom is 0.176 e. The molecule has 7 heavy (non-hydrogen) atoms. The third-order valence-corrected chi connectivity index (χ3v) is 2.97. The Morgan fingerprint density at radius 3 is 2.14 bits per heavy atom. The SMILES string of the molecule is CC(C)O[SiH]1CC1. The van der Waals surface area contributed by atoms with Gasteiger partial charge in [0.05, 0.1) is 0 Å². The Labute approximate surface area is 46.4 Å². The first kappa shape index (κ1) is 5.32. The summed E-state index contributed by atoms with van der Waals surface area (Å²) < 4.78 is 5.50. The lowest BCUT2D eigenvalue weighted by Gasteiger charge is -2.02. The van der Waals surface area contributed by atoms with Crippen molar-refractivity contribution in [1.29, 1.82) is 0 Å². The zero-order valence-electron chi connectivity index (χ0n) is 4.98. The van der Waals surface area contributed by atoms with Crippen molar-refractivity contribution in [2.45, 2.75) is 32.0 Å². The van der Waals surface area contributed by atoms with Crippen LogP contribution in [0, 0.1) is 0 Å². The minimum absolute atomic E-state index is 0.478. The van der Waals surface area contributed by atoms with Crippen molar-refractivity contribution < 1.29 is 4.43 Å². The summed E-state index contributed by atoms with van der Waals surface area (Å²) >= 11 is 0. The first-order valence-electron chi connectivity index (χ1n) is 2.94. The molecule has 0 aromatic rings. The predicted molar refractivity (Wildman–Crippen MR) is 33.0 cm³/mol. The molecule has 0 radical (unpaired) electrons. The van der Waals surface area contributed by atoms with E-state index in [4.69, 9.17) is 4.43 Å². The van der Waals surface area contributed by atoms with Gasteiger partial charge in [-0.05, 0) is 25.9 Å². The molecule has 1 aliphatic rings. The van der Waals surface area contributed by atoms with Crippen molar-refractivity contribution >= 4 is 9.04 Å². The highest BCUT2D eigenvalue weighted by Gasteiger charge is 2.25. The molecular weight excluding hydrogens is 104 g/mol. The Morgan fingerprint density at radius 2 is 2.00 bits per heavy atom. The van der Waals surface area contributed by atoms with Crippen LogP contribution in [0.4, 0.5) is 0 Å². The van der Waals surface area contributed by atoms with Gasteiger partial charge in [0.1, 0.15) is 0 Å². The molecule has 0 aromatic carbocycles. The molecule has 0 unspecified atom stereocenters. The molecular formula is C5H12OSi. The van der Waals surface area contributed by atoms with Crippen molar-refractivity contribution in [2.24, 2.45) is 0 Å². The quantitative estimate of drug-likeness (QED) is 0.492. The molecule has 0 bridgehead atoms. The number of hydrogen-bond acceptors (Lipinski definition) is 1. The van der Waals surface area contributed by atoms with Gasteiger partial charge in [0.2, 0.25) is 0 Å². The highest BCUT2D eigenvalue weighted by Crippen LogP contribution is 2.23. The third-order valence-electron chi connectivity index (χ3n) is 0.989. The van der Waals surface area contributed by atoms with Crippen molar-refractivity contribution in [2.75, 3.05) is 0 Å². The van der Waals surface area contributed by atoms with Crippen LogP contribution < -0.4 is 0 Å². The zero-order chi connectivity index (χ0) is 5.28. The second-order valence-corrected chi connectivity index (χ2v) is 5.06. The van der Waals surface area contributed by atoms with Crippen LogP contribution in [-0.2, 0) is 4.43 Å². The number of hydrogen-bond donors (Lipinski definition) is 0. The summed E-state index contributed by atoms with van der Waals surface area (Å²) in [6, 6.07) is 2.86. The van der Waals surface area contributed by atoms with Crippen molar-refractivity contribution in [3.8, 4) is 0 Å². The van der Waals surface area contributed by atoms with Gasteiger partial charge in [-0.1, -0.05) is 0 Å². The normalized spacial score (nSPS) is 21.0. The molecule has 42 valence electrons. The highest BCUT2D eigenvalue weighted by atomic mass is 28.3. The Morgan fingerprint density at radius 1 is 1.43 bits per heavy atom.